The molecule has 96 valence electrons. The van der Waals surface area contributed by atoms with Gasteiger partial charge in [0.2, 0.25) is 0 Å². The van der Waals surface area contributed by atoms with E-state index in [1.807, 2.05) is 40.0 Å². The summed E-state index contributed by atoms with van der Waals surface area (Å²) in [6, 6.07) is 3.56. The summed E-state index contributed by atoms with van der Waals surface area (Å²) in [5.41, 5.74) is 7.99. The van der Waals surface area contributed by atoms with E-state index >= 15 is 0 Å². The largest absolute Gasteiger partial charge is 0.496 e. The minimum Gasteiger partial charge on any atom is -0.496 e. The van der Waals surface area contributed by atoms with Gasteiger partial charge in [0, 0.05) is 16.1 Å². The molecule has 0 saturated carbocycles. The molecule has 0 aliphatic heterocycles. The van der Waals surface area contributed by atoms with E-state index in [1.165, 1.54) is 0 Å². The Morgan fingerprint density at radius 1 is 1.41 bits per heavy atom. The smallest absolute Gasteiger partial charge is 0.126 e. The number of methoxy groups -OCH3 is 1. The van der Waals surface area contributed by atoms with Crippen LogP contribution < -0.4 is 15.8 Å². The first-order valence-electron chi connectivity index (χ1n) is 5.62. The highest BCUT2D eigenvalue weighted by atomic mass is 35.5. The maximum absolute atomic E-state index is 6.30. The van der Waals surface area contributed by atoms with Crippen molar-refractivity contribution in [2.45, 2.75) is 32.4 Å². The van der Waals surface area contributed by atoms with Gasteiger partial charge < -0.3 is 15.8 Å². The molecular formula is C13H21ClN2O. The van der Waals surface area contributed by atoms with Gasteiger partial charge >= 0.3 is 0 Å². The first-order chi connectivity index (χ1) is 7.83. The number of halogens is 1. The number of nitrogens with one attached hydrogen (secondary N) is 1. The third-order valence-electron chi connectivity index (χ3n) is 3.23. The molecule has 0 bridgehead atoms. The molecule has 0 aliphatic carbocycles. The summed E-state index contributed by atoms with van der Waals surface area (Å²) in [6.45, 7) is 6.06. The first-order valence-corrected chi connectivity index (χ1v) is 5.99. The maximum Gasteiger partial charge on any atom is 0.126 e. The number of hydrogen-bond donors (Lipinski definition) is 2. The molecule has 0 spiro atoms. The van der Waals surface area contributed by atoms with Crippen molar-refractivity contribution in [2.75, 3.05) is 14.2 Å². The molecule has 0 aromatic heterocycles. The van der Waals surface area contributed by atoms with Crippen LogP contribution in [0.5, 0.6) is 5.75 Å². The molecule has 0 heterocycles. The topological polar surface area (TPSA) is 47.3 Å². The van der Waals surface area contributed by atoms with E-state index in [9.17, 15) is 0 Å². The predicted octanol–water partition coefficient (Wildman–Crippen LogP) is 2.65. The molecule has 4 heteroatoms. The van der Waals surface area contributed by atoms with E-state index in [2.05, 4.69) is 5.32 Å². The van der Waals surface area contributed by atoms with Crippen LogP contribution in [0.2, 0.25) is 5.02 Å². The molecule has 0 aliphatic rings. The Morgan fingerprint density at radius 2 is 2.00 bits per heavy atom. The zero-order valence-corrected chi connectivity index (χ0v) is 11.9. The normalized spacial score (nSPS) is 13.6. The zero-order valence-electron chi connectivity index (χ0n) is 11.1. The Hall–Kier alpha value is -0.770. The van der Waals surface area contributed by atoms with Crippen molar-refractivity contribution in [3.8, 4) is 5.75 Å². The van der Waals surface area contributed by atoms with Crippen LogP contribution in [0.4, 0.5) is 0 Å². The van der Waals surface area contributed by atoms with E-state index in [4.69, 9.17) is 22.1 Å². The minimum atomic E-state index is -0.232. The van der Waals surface area contributed by atoms with Gasteiger partial charge in [0.15, 0.2) is 0 Å². The fraction of sp³-hybridized carbons (Fsp3) is 0.538. The SMILES string of the molecule is CNC(C)(C)C(N)c1cc(Cl)cc(C)c1OC. The second-order valence-electron chi connectivity index (χ2n) is 4.79. The second kappa shape index (κ2) is 5.25. The van der Waals surface area contributed by atoms with Crippen molar-refractivity contribution in [3.05, 3.63) is 28.3 Å². The molecule has 0 saturated heterocycles. The van der Waals surface area contributed by atoms with E-state index in [-0.39, 0.29) is 11.6 Å². The summed E-state index contributed by atoms with van der Waals surface area (Å²) >= 11 is 6.08. The van der Waals surface area contributed by atoms with Crippen LogP contribution in [0.1, 0.15) is 31.0 Å². The average molecular weight is 257 g/mol. The third kappa shape index (κ3) is 2.92. The molecule has 0 fully saturated rings. The number of aryl methyl sites for hydroxylation is 1. The molecule has 3 N–H and O–H groups in total. The summed E-state index contributed by atoms with van der Waals surface area (Å²) in [5, 5.41) is 3.89. The van der Waals surface area contributed by atoms with Crippen LogP contribution in [0.3, 0.4) is 0 Å². The van der Waals surface area contributed by atoms with E-state index in [0.29, 0.717) is 5.02 Å². The first kappa shape index (κ1) is 14.3. The Balaban J connectivity index is 3.30. The van der Waals surface area contributed by atoms with Crippen LogP contribution >= 0.6 is 11.6 Å². The quantitative estimate of drug-likeness (QED) is 0.871. The highest BCUT2D eigenvalue weighted by Crippen LogP contribution is 2.35. The lowest BCUT2D eigenvalue weighted by molar-refractivity contribution is 0.333. The van der Waals surface area contributed by atoms with Gasteiger partial charge in [-0.15, -0.1) is 0 Å². The lowest BCUT2D eigenvalue weighted by atomic mass is 9.88. The molecule has 17 heavy (non-hydrogen) atoms. The predicted molar refractivity (Wildman–Crippen MR) is 72.8 cm³/mol. The molecule has 1 atom stereocenters. The van der Waals surface area contributed by atoms with Gasteiger partial charge in [-0.2, -0.15) is 0 Å². The van der Waals surface area contributed by atoms with Gasteiger partial charge in [0.25, 0.3) is 0 Å². The van der Waals surface area contributed by atoms with Gasteiger partial charge in [-0.05, 0) is 45.5 Å². The Bertz CT molecular complexity index is 405. The molecule has 0 amide bonds. The summed E-state index contributed by atoms with van der Waals surface area (Å²) in [6.07, 6.45) is 0. The summed E-state index contributed by atoms with van der Waals surface area (Å²) < 4.78 is 5.43. The molecule has 1 aromatic carbocycles. The third-order valence-corrected chi connectivity index (χ3v) is 3.45. The highest BCUT2D eigenvalue weighted by molar-refractivity contribution is 6.30. The standard InChI is InChI=1S/C13H21ClN2O/c1-8-6-9(14)7-10(11(8)17-5)12(15)13(2,3)16-4/h6-7,12,16H,15H2,1-5H3. The lowest BCUT2D eigenvalue weighted by Gasteiger charge is -2.32. The van der Waals surface area contributed by atoms with Gasteiger partial charge in [0.05, 0.1) is 13.2 Å². The summed E-state index contributed by atoms with van der Waals surface area (Å²) in [4.78, 5) is 0. The molecule has 1 aromatic rings. The Morgan fingerprint density at radius 3 is 2.47 bits per heavy atom. The monoisotopic (exact) mass is 256 g/mol. The Labute approximate surface area is 108 Å². The van der Waals surface area contributed by atoms with E-state index < -0.39 is 0 Å². The van der Waals surface area contributed by atoms with Crippen LogP contribution in [0.25, 0.3) is 0 Å². The highest BCUT2D eigenvalue weighted by Gasteiger charge is 2.28. The fourth-order valence-electron chi connectivity index (χ4n) is 1.81. The summed E-state index contributed by atoms with van der Waals surface area (Å²) in [7, 11) is 3.54. The molecule has 3 nitrogen and oxygen atoms in total. The number of rotatable bonds is 4. The molecular weight excluding hydrogens is 236 g/mol. The van der Waals surface area contributed by atoms with Crippen LogP contribution in [0.15, 0.2) is 12.1 Å². The van der Waals surface area contributed by atoms with Crippen molar-refractivity contribution in [3.63, 3.8) is 0 Å². The van der Waals surface area contributed by atoms with Gasteiger partial charge in [-0.25, -0.2) is 0 Å². The zero-order chi connectivity index (χ0) is 13.2. The van der Waals surface area contributed by atoms with Crippen LogP contribution in [0, 0.1) is 6.92 Å². The number of hydrogen-bond acceptors (Lipinski definition) is 3. The number of nitrogens with two attached hydrogens (primary N) is 1. The average Bonchev–Trinajstić information content (AvgIpc) is 2.27. The minimum absolute atomic E-state index is 0.195. The van der Waals surface area contributed by atoms with Crippen molar-refractivity contribution < 1.29 is 4.74 Å². The number of likely N-dealkylation sites (N-methyl/N-ethyl adjacent to an activating group) is 1. The fourth-order valence-corrected chi connectivity index (χ4v) is 2.09. The molecule has 1 rings (SSSR count). The van der Waals surface area contributed by atoms with Crippen molar-refractivity contribution >= 4 is 11.6 Å². The number of ether oxygens (including phenoxy) is 1. The van der Waals surface area contributed by atoms with E-state index in [1.54, 1.807) is 7.11 Å². The lowest BCUT2D eigenvalue weighted by Crippen LogP contribution is -2.46. The number of benzene rings is 1. The van der Waals surface area contributed by atoms with Crippen LogP contribution in [-0.4, -0.2) is 19.7 Å². The van der Waals surface area contributed by atoms with Crippen molar-refractivity contribution in [2.24, 2.45) is 5.73 Å². The van der Waals surface area contributed by atoms with Gasteiger partial charge in [-0.1, -0.05) is 11.6 Å². The summed E-state index contributed by atoms with van der Waals surface area (Å²) in [5.74, 6) is 0.810. The van der Waals surface area contributed by atoms with Gasteiger partial charge in [-0.3, -0.25) is 0 Å². The van der Waals surface area contributed by atoms with E-state index in [0.717, 1.165) is 16.9 Å². The molecule has 0 radical (unpaired) electrons. The van der Waals surface area contributed by atoms with Gasteiger partial charge in [0.1, 0.15) is 5.75 Å². The van der Waals surface area contributed by atoms with Crippen molar-refractivity contribution in [1.29, 1.82) is 0 Å². The van der Waals surface area contributed by atoms with Crippen molar-refractivity contribution in [1.82, 2.24) is 5.32 Å². The maximum atomic E-state index is 6.30. The van der Waals surface area contributed by atoms with Crippen LogP contribution in [-0.2, 0) is 0 Å². The Kier molecular flexibility index (Phi) is 4.42. The molecule has 1 unspecified atom stereocenters. The second-order valence-corrected chi connectivity index (χ2v) is 5.23.